The van der Waals surface area contributed by atoms with Gasteiger partial charge in [-0.3, -0.25) is 0 Å². The van der Waals surface area contributed by atoms with Gasteiger partial charge in [-0.25, -0.2) is 4.79 Å². The van der Waals surface area contributed by atoms with Crippen molar-refractivity contribution in [3.63, 3.8) is 0 Å². The van der Waals surface area contributed by atoms with E-state index in [1.54, 1.807) is 0 Å². The summed E-state index contributed by atoms with van der Waals surface area (Å²) in [6.07, 6.45) is -4.76. The SMILES string of the molecule is NC(=O)NCc1ccccc1OC(F)(F)F. The van der Waals surface area contributed by atoms with E-state index in [-0.39, 0.29) is 17.9 Å². The number of carbonyl (C=O) groups excluding carboxylic acids is 1. The monoisotopic (exact) mass is 234 g/mol. The number of nitrogens with two attached hydrogens (primary N) is 1. The van der Waals surface area contributed by atoms with Crippen LogP contribution in [-0.2, 0) is 6.54 Å². The van der Waals surface area contributed by atoms with E-state index in [2.05, 4.69) is 10.1 Å². The summed E-state index contributed by atoms with van der Waals surface area (Å²) in [7, 11) is 0. The Labute approximate surface area is 89.2 Å². The summed E-state index contributed by atoms with van der Waals surface area (Å²) in [6.45, 7) is -0.123. The van der Waals surface area contributed by atoms with Crippen molar-refractivity contribution in [3.8, 4) is 5.75 Å². The summed E-state index contributed by atoms with van der Waals surface area (Å²) in [4.78, 5) is 10.4. The van der Waals surface area contributed by atoms with Crippen LogP contribution in [0.4, 0.5) is 18.0 Å². The first-order chi connectivity index (χ1) is 7.38. The molecule has 0 atom stereocenters. The highest BCUT2D eigenvalue weighted by molar-refractivity contribution is 5.71. The van der Waals surface area contributed by atoms with Crippen molar-refractivity contribution >= 4 is 6.03 Å². The highest BCUT2D eigenvalue weighted by atomic mass is 19.4. The first-order valence-electron chi connectivity index (χ1n) is 4.25. The highest BCUT2D eigenvalue weighted by Crippen LogP contribution is 2.25. The zero-order valence-corrected chi connectivity index (χ0v) is 8.04. The maximum atomic E-state index is 12.0. The molecule has 0 aliphatic carbocycles. The lowest BCUT2D eigenvalue weighted by Gasteiger charge is -2.12. The summed E-state index contributed by atoms with van der Waals surface area (Å²) in [5, 5.41) is 2.18. The van der Waals surface area contributed by atoms with Crippen LogP contribution in [0.5, 0.6) is 5.75 Å². The fourth-order valence-electron chi connectivity index (χ4n) is 1.06. The van der Waals surface area contributed by atoms with Gasteiger partial charge in [0.1, 0.15) is 5.75 Å². The lowest BCUT2D eigenvalue weighted by molar-refractivity contribution is -0.274. The first-order valence-corrected chi connectivity index (χ1v) is 4.25. The molecule has 0 bridgehead atoms. The first kappa shape index (κ1) is 12.2. The second kappa shape index (κ2) is 4.73. The molecule has 1 aromatic rings. The van der Waals surface area contributed by atoms with Crippen molar-refractivity contribution in [1.29, 1.82) is 0 Å². The number of carbonyl (C=O) groups is 1. The molecule has 0 radical (unpaired) electrons. The Morgan fingerprint density at radius 1 is 1.38 bits per heavy atom. The zero-order valence-electron chi connectivity index (χ0n) is 8.04. The molecule has 0 unspecified atom stereocenters. The number of benzene rings is 1. The number of rotatable bonds is 3. The molecule has 3 N–H and O–H groups in total. The number of ether oxygens (including phenoxy) is 1. The average molecular weight is 234 g/mol. The van der Waals surface area contributed by atoms with Crippen molar-refractivity contribution in [3.05, 3.63) is 29.8 Å². The summed E-state index contributed by atoms with van der Waals surface area (Å²) in [6, 6.07) is 4.67. The molecular weight excluding hydrogens is 225 g/mol. The van der Waals surface area contributed by atoms with Gasteiger partial charge in [0, 0.05) is 12.1 Å². The van der Waals surface area contributed by atoms with Crippen LogP contribution in [0.3, 0.4) is 0 Å². The van der Waals surface area contributed by atoms with Crippen molar-refractivity contribution in [1.82, 2.24) is 5.32 Å². The number of amides is 2. The normalized spacial score (nSPS) is 10.9. The van der Waals surface area contributed by atoms with E-state index < -0.39 is 12.4 Å². The Morgan fingerprint density at radius 2 is 2.00 bits per heavy atom. The molecule has 0 saturated carbocycles. The van der Waals surface area contributed by atoms with Gasteiger partial charge in [0.15, 0.2) is 0 Å². The van der Waals surface area contributed by atoms with Gasteiger partial charge >= 0.3 is 12.4 Å². The fourth-order valence-corrected chi connectivity index (χ4v) is 1.06. The smallest absolute Gasteiger partial charge is 0.405 e. The van der Waals surface area contributed by atoms with Crippen LogP contribution in [0, 0.1) is 0 Å². The number of nitrogens with one attached hydrogen (secondary N) is 1. The second-order valence-electron chi connectivity index (χ2n) is 2.87. The number of halogens is 3. The molecule has 0 fully saturated rings. The predicted octanol–water partition coefficient (Wildman–Crippen LogP) is 1.75. The Bertz CT molecular complexity index is 379. The van der Waals surface area contributed by atoms with Crippen molar-refractivity contribution in [2.24, 2.45) is 5.73 Å². The topological polar surface area (TPSA) is 64.4 Å². The van der Waals surface area contributed by atoms with Crippen molar-refractivity contribution in [2.75, 3.05) is 0 Å². The largest absolute Gasteiger partial charge is 0.573 e. The molecule has 0 aromatic heterocycles. The molecule has 0 aliphatic rings. The van der Waals surface area contributed by atoms with E-state index in [1.165, 1.54) is 18.2 Å². The van der Waals surface area contributed by atoms with Gasteiger partial charge in [-0.2, -0.15) is 0 Å². The minimum Gasteiger partial charge on any atom is -0.405 e. The summed E-state index contributed by atoms with van der Waals surface area (Å²) < 4.78 is 39.7. The lowest BCUT2D eigenvalue weighted by Crippen LogP contribution is -2.29. The molecule has 0 spiro atoms. The van der Waals surface area contributed by atoms with Gasteiger partial charge in [-0.05, 0) is 6.07 Å². The molecular formula is C9H9F3N2O2. The molecule has 0 heterocycles. The second-order valence-corrected chi connectivity index (χ2v) is 2.87. The number of urea groups is 1. The van der Waals surface area contributed by atoms with Crippen LogP contribution in [0.15, 0.2) is 24.3 Å². The Morgan fingerprint density at radius 3 is 2.56 bits per heavy atom. The lowest BCUT2D eigenvalue weighted by atomic mass is 10.2. The van der Waals surface area contributed by atoms with Crippen LogP contribution < -0.4 is 15.8 Å². The van der Waals surface area contributed by atoms with Gasteiger partial charge in [0.2, 0.25) is 0 Å². The third-order valence-electron chi connectivity index (χ3n) is 1.65. The van der Waals surface area contributed by atoms with E-state index in [0.29, 0.717) is 0 Å². The van der Waals surface area contributed by atoms with Crippen molar-refractivity contribution in [2.45, 2.75) is 12.9 Å². The molecule has 0 aliphatic heterocycles. The van der Waals surface area contributed by atoms with Crippen LogP contribution in [0.1, 0.15) is 5.56 Å². The third kappa shape index (κ3) is 4.07. The summed E-state index contributed by atoms with van der Waals surface area (Å²) in [5.41, 5.74) is 5.00. The van der Waals surface area contributed by atoms with Gasteiger partial charge < -0.3 is 15.8 Å². The Kier molecular flexibility index (Phi) is 3.60. The third-order valence-corrected chi connectivity index (χ3v) is 1.65. The maximum absolute atomic E-state index is 12.0. The van der Waals surface area contributed by atoms with E-state index in [1.807, 2.05) is 0 Å². The summed E-state index contributed by atoms with van der Waals surface area (Å²) >= 11 is 0. The minimum atomic E-state index is -4.76. The van der Waals surface area contributed by atoms with E-state index in [0.717, 1.165) is 6.07 Å². The molecule has 7 heteroatoms. The number of primary amides is 1. The fraction of sp³-hybridized carbons (Fsp3) is 0.222. The molecule has 88 valence electrons. The predicted molar refractivity (Wildman–Crippen MR) is 49.5 cm³/mol. The molecule has 1 rings (SSSR count). The molecule has 16 heavy (non-hydrogen) atoms. The quantitative estimate of drug-likeness (QED) is 0.836. The molecule has 1 aromatic carbocycles. The molecule has 0 saturated heterocycles. The molecule has 2 amide bonds. The maximum Gasteiger partial charge on any atom is 0.573 e. The van der Waals surface area contributed by atoms with Crippen LogP contribution in [0.25, 0.3) is 0 Å². The summed E-state index contributed by atoms with van der Waals surface area (Å²) in [5.74, 6) is -0.358. The Hall–Kier alpha value is -1.92. The van der Waals surface area contributed by atoms with Gasteiger partial charge in [0.05, 0.1) is 0 Å². The van der Waals surface area contributed by atoms with Crippen LogP contribution >= 0.6 is 0 Å². The highest BCUT2D eigenvalue weighted by Gasteiger charge is 2.31. The van der Waals surface area contributed by atoms with E-state index in [9.17, 15) is 18.0 Å². The van der Waals surface area contributed by atoms with Gasteiger partial charge in [-0.15, -0.1) is 13.2 Å². The number of alkyl halides is 3. The van der Waals surface area contributed by atoms with Crippen molar-refractivity contribution < 1.29 is 22.7 Å². The Balaban J connectivity index is 2.79. The van der Waals surface area contributed by atoms with Gasteiger partial charge in [-0.1, -0.05) is 18.2 Å². The number of para-hydroxylation sites is 1. The minimum absolute atomic E-state index is 0.123. The molecule has 4 nitrogen and oxygen atoms in total. The standard InChI is InChI=1S/C9H9F3N2O2/c10-9(11,12)16-7-4-2-1-3-6(7)5-14-8(13)15/h1-4H,5H2,(H3,13,14,15). The van der Waals surface area contributed by atoms with E-state index >= 15 is 0 Å². The van der Waals surface area contributed by atoms with E-state index in [4.69, 9.17) is 5.73 Å². The average Bonchev–Trinajstić information content (AvgIpc) is 2.14. The number of hydrogen-bond donors (Lipinski definition) is 2. The number of hydrogen-bond acceptors (Lipinski definition) is 2. The van der Waals surface area contributed by atoms with Gasteiger partial charge in [0.25, 0.3) is 0 Å². The van der Waals surface area contributed by atoms with Crippen LogP contribution in [0.2, 0.25) is 0 Å². The zero-order chi connectivity index (χ0) is 12.2. The van der Waals surface area contributed by atoms with Crippen LogP contribution in [-0.4, -0.2) is 12.4 Å².